The first-order chi connectivity index (χ1) is 7.41. The number of carbonyl (C=O) groups excluding carboxylic acids is 1. The average Bonchev–Trinajstić information content (AvgIpc) is 2.12. The van der Waals surface area contributed by atoms with Gasteiger partial charge >= 0.3 is 0 Å². The van der Waals surface area contributed by atoms with Crippen molar-refractivity contribution in [3.8, 4) is 0 Å². The standard InChI is InChI=1S/C13H19NO2/c1-8-6-9(2)13(10(3)7-8)11(14)4-5-12(15)16/h6-7,11H,4-5,14H2,1-3H3,(H,15,16)/t11-/m0/s1. The summed E-state index contributed by atoms with van der Waals surface area (Å²) in [5, 5.41) is 10.4. The average molecular weight is 221 g/mol. The number of aliphatic carboxylic acids is 1. The van der Waals surface area contributed by atoms with Gasteiger partial charge in [-0.05, 0) is 38.3 Å². The molecular weight excluding hydrogens is 202 g/mol. The molecule has 0 unspecified atom stereocenters. The molecule has 0 aliphatic carbocycles. The van der Waals surface area contributed by atoms with Gasteiger partial charge in [0.05, 0.1) is 0 Å². The van der Waals surface area contributed by atoms with Crippen molar-refractivity contribution in [1.29, 1.82) is 0 Å². The van der Waals surface area contributed by atoms with Crippen LogP contribution >= 0.6 is 0 Å². The molecule has 0 saturated carbocycles. The van der Waals surface area contributed by atoms with E-state index in [1.54, 1.807) is 0 Å². The van der Waals surface area contributed by atoms with Crippen molar-refractivity contribution in [2.24, 2.45) is 0 Å². The molecular formula is C13H19NO2. The van der Waals surface area contributed by atoms with Crippen molar-refractivity contribution < 1.29 is 15.6 Å². The molecule has 16 heavy (non-hydrogen) atoms. The Morgan fingerprint density at radius 1 is 1.31 bits per heavy atom. The minimum atomic E-state index is -1.00. The van der Waals surface area contributed by atoms with Crippen LogP contribution in [-0.2, 0) is 4.79 Å². The lowest BCUT2D eigenvalue weighted by molar-refractivity contribution is -0.429. The number of quaternary nitrogens is 1. The predicted molar refractivity (Wildman–Crippen MR) is 60.5 cm³/mol. The number of hydrogen-bond acceptors (Lipinski definition) is 2. The van der Waals surface area contributed by atoms with Gasteiger partial charge in [-0.2, -0.15) is 0 Å². The largest absolute Gasteiger partial charge is 0.550 e. The normalized spacial score (nSPS) is 12.5. The Labute approximate surface area is 96.3 Å². The van der Waals surface area contributed by atoms with E-state index in [1.807, 2.05) is 13.8 Å². The molecule has 0 aliphatic heterocycles. The van der Waals surface area contributed by atoms with Crippen molar-refractivity contribution in [3.63, 3.8) is 0 Å². The van der Waals surface area contributed by atoms with Gasteiger partial charge in [0.2, 0.25) is 0 Å². The zero-order valence-corrected chi connectivity index (χ0v) is 10.2. The van der Waals surface area contributed by atoms with Gasteiger partial charge in [0.15, 0.2) is 0 Å². The fraction of sp³-hybridized carbons (Fsp3) is 0.462. The Morgan fingerprint density at radius 3 is 2.25 bits per heavy atom. The molecule has 0 spiro atoms. The van der Waals surface area contributed by atoms with Gasteiger partial charge in [0.25, 0.3) is 0 Å². The third-order valence-electron chi connectivity index (χ3n) is 2.84. The number of aryl methyl sites for hydroxylation is 3. The van der Waals surface area contributed by atoms with Gasteiger partial charge in [-0.25, -0.2) is 0 Å². The first-order valence-electron chi connectivity index (χ1n) is 5.52. The summed E-state index contributed by atoms with van der Waals surface area (Å²) >= 11 is 0. The zero-order valence-electron chi connectivity index (χ0n) is 10.2. The predicted octanol–water partition coefficient (Wildman–Crippen LogP) is 0.425. The molecule has 0 radical (unpaired) electrons. The smallest absolute Gasteiger partial charge is 0.111 e. The van der Waals surface area contributed by atoms with Crippen LogP contribution in [0.3, 0.4) is 0 Å². The van der Waals surface area contributed by atoms with Crippen LogP contribution in [0.2, 0.25) is 0 Å². The number of benzene rings is 1. The summed E-state index contributed by atoms with van der Waals surface area (Å²) in [6.07, 6.45) is 0.605. The molecule has 88 valence electrons. The highest BCUT2D eigenvalue weighted by Gasteiger charge is 2.15. The number of carboxylic acid groups (broad SMARTS) is 1. The summed E-state index contributed by atoms with van der Waals surface area (Å²) < 4.78 is 0. The first-order valence-corrected chi connectivity index (χ1v) is 5.52. The summed E-state index contributed by atoms with van der Waals surface area (Å²) in [6, 6.07) is 4.25. The van der Waals surface area contributed by atoms with Crippen LogP contribution in [0.1, 0.15) is 41.1 Å². The Hall–Kier alpha value is -1.35. The van der Waals surface area contributed by atoms with E-state index in [-0.39, 0.29) is 12.5 Å². The van der Waals surface area contributed by atoms with Gasteiger partial charge in [-0.3, -0.25) is 0 Å². The van der Waals surface area contributed by atoms with Crippen molar-refractivity contribution in [3.05, 3.63) is 34.4 Å². The second kappa shape index (κ2) is 5.12. The highest BCUT2D eigenvalue weighted by atomic mass is 16.4. The lowest BCUT2D eigenvalue weighted by Gasteiger charge is -2.16. The van der Waals surface area contributed by atoms with Crippen LogP contribution in [0.4, 0.5) is 0 Å². The van der Waals surface area contributed by atoms with Crippen molar-refractivity contribution in [2.75, 3.05) is 0 Å². The van der Waals surface area contributed by atoms with Gasteiger partial charge in [0, 0.05) is 18.0 Å². The molecule has 1 aromatic rings. The Kier molecular flexibility index (Phi) is 4.07. The Bertz CT molecular complexity index is 376. The van der Waals surface area contributed by atoms with Gasteiger partial charge in [0.1, 0.15) is 6.04 Å². The fourth-order valence-electron chi connectivity index (χ4n) is 2.27. The first kappa shape index (κ1) is 12.7. The number of hydrogen-bond donors (Lipinski definition) is 1. The van der Waals surface area contributed by atoms with Crippen LogP contribution in [-0.4, -0.2) is 5.97 Å². The van der Waals surface area contributed by atoms with Crippen LogP contribution in [0, 0.1) is 20.8 Å². The summed E-state index contributed by atoms with van der Waals surface area (Å²) in [7, 11) is 0. The van der Waals surface area contributed by atoms with E-state index in [2.05, 4.69) is 24.8 Å². The van der Waals surface area contributed by atoms with Crippen LogP contribution < -0.4 is 10.8 Å². The molecule has 1 aromatic carbocycles. The minimum Gasteiger partial charge on any atom is -0.550 e. The summed E-state index contributed by atoms with van der Waals surface area (Å²) in [6.45, 7) is 6.15. The van der Waals surface area contributed by atoms with Crippen molar-refractivity contribution >= 4 is 5.97 Å². The topological polar surface area (TPSA) is 67.8 Å². The molecule has 0 aromatic heterocycles. The second-order valence-electron chi connectivity index (χ2n) is 4.42. The van der Waals surface area contributed by atoms with E-state index < -0.39 is 5.97 Å². The van der Waals surface area contributed by atoms with E-state index in [1.165, 1.54) is 22.3 Å². The molecule has 0 fully saturated rings. The number of rotatable bonds is 4. The van der Waals surface area contributed by atoms with Crippen LogP contribution in [0.5, 0.6) is 0 Å². The lowest BCUT2D eigenvalue weighted by atomic mass is 9.92. The van der Waals surface area contributed by atoms with E-state index >= 15 is 0 Å². The molecule has 1 rings (SSSR count). The molecule has 0 amide bonds. The molecule has 1 atom stereocenters. The Morgan fingerprint density at radius 2 is 1.81 bits per heavy atom. The van der Waals surface area contributed by atoms with E-state index in [0.717, 1.165) is 0 Å². The molecule has 0 heterocycles. The zero-order chi connectivity index (χ0) is 12.3. The minimum absolute atomic E-state index is 0.0264. The maximum atomic E-state index is 10.4. The van der Waals surface area contributed by atoms with E-state index in [4.69, 9.17) is 0 Å². The number of carboxylic acids is 1. The summed E-state index contributed by atoms with van der Waals surface area (Å²) in [4.78, 5) is 10.4. The van der Waals surface area contributed by atoms with Gasteiger partial charge in [-0.1, -0.05) is 17.7 Å². The molecule has 3 N–H and O–H groups in total. The second-order valence-corrected chi connectivity index (χ2v) is 4.42. The lowest BCUT2D eigenvalue weighted by Crippen LogP contribution is -2.54. The highest BCUT2D eigenvalue weighted by Crippen LogP contribution is 2.23. The van der Waals surface area contributed by atoms with Gasteiger partial charge in [-0.15, -0.1) is 0 Å². The van der Waals surface area contributed by atoms with E-state index in [9.17, 15) is 9.90 Å². The molecule has 0 aliphatic rings. The van der Waals surface area contributed by atoms with Crippen molar-refractivity contribution in [1.82, 2.24) is 0 Å². The number of carbonyl (C=O) groups is 1. The molecule has 0 bridgehead atoms. The SMILES string of the molecule is Cc1cc(C)c([C@@H]([NH3+])CCC(=O)[O-])c(C)c1. The third kappa shape index (κ3) is 3.07. The summed E-state index contributed by atoms with van der Waals surface area (Å²) in [5.41, 5.74) is 8.82. The molecule has 0 saturated heterocycles. The van der Waals surface area contributed by atoms with Crippen LogP contribution in [0.15, 0.2) is 12.1 Å². The van der Waals surface area contributed by atoms with Gasteiger partial charge < -0.3 is 15.6 Å². The van der Waals surface area contributed by atoms with E-state index in [0.29, 0.717) is 6.42 Å². The fourth-order valence-corrected chi connectivity index (χ4v) is 2.27. The quantitative estimate of drug-likeness (QED) is 0.801. The van der Waals surface area contributed by atoms with Crippen LogP contribution in [0.25, 0.3) is 0 Å². The molecule has 3 nitrogen and oxygen atoms in total. The highest BCUT2D eigenvalue weighted by molar-refractivity contribution is 5.64. The third-order valence-corrected chi connectivity index (χ3v) is 2.84. The van der Waals surface area contributed by atoms with Crippen molar-refractivity contribution in [2.45, 2.75) is 39.7 Å². The molecule has 3 heteroatoms. The summed E-state index contributed by atoms with van der Waals surface area (Å²) in [5.74, 6) is -1.00. The maximum Gasteiger partial charge on any atom is 0.111 e. The monoisotopic (exact) mass is 221 g/mol. The maximum absolute atomic E-state index is 10.4. The Balaban J connectivity index is 2.90.